The molecule has 0 aromatic heterocycles. The monoisotopic (exact) mass is 350 g/mol. The molecule has 0 unspecified atom stereocenters. The predicted molar refractivity (Wildman–Crippen MR) is 102 cm³/mol. The SMILES string of the molecule is CCOc1cccc(NC(=O)/C(C#N)=C\c2ccc(OC(C)C)cc2)c1. The maximum atomic E-state index is 12.4. The number of carbonyl (C=O) groups excluding carboxylic acids is 1. The normalized spacial score (nSPS) is 11.0. The fraction of sp³-hybridized carbons (Fsp3) is 0.238. The minimum atomic E-state index is -0.469. The molecule has 0 aliphatic rings. The molecule has 5 heteroatoms. The minimum absolute atomic E-state index is 0.0179. The van der Waals surface area contributed by atoms with Crippen molar-refractivity contribution in [2.75, 3.05) is 11.9 Å². The van der Waals surface area contributed by atoms with Crippen LogP contribution in [-0.4, -0.2) is 18.6 Å². The van der Waals surface area contributed by atoms with Crippen LogP contribution in [0, 0.1) is 11.3 Å². The molecule has 0 radical (unpaired) electrons. The molecule has 2 aromatic carbocycles. The van der Waals surface area contributed by atoms with Crippen LogP contribution < -0.4 is 14.8 Å². The Kier molecular flexibility index (Phi) is 6.81. The quantitative estimate of drug-likeness (QED) is 0.593. The molecule has 0 heterocycles. The van der Waals surface area contributed by atoms with Crippen LogP contribution in [0.25, 0.3) is 6.08 Å². The Morgan fingerprint density at radius 2 is 1.92 bits per heavy atom. The molecule has 0 saturated carbocycles. The predicted octanol–water partition coefficient (Wildman–Crippen LogP) is 4.42. The molecule has 5 nitrogen and oxygen atoms in total. The largest absolute Gasteiger partial charge is 0.494 e. The van der Waals surface area contributed by atoms with Crippen molar-refractivity contribution >= 4 is 17.7 Å². The van der Waals surface area contributed by atoms with E-state index in [-0.39, 0.29) is 11.7 Å². The molecule has 0 aliphatic carbocycles. The van der Waals surface area contributed by atoms with E-state index < -0.39 is 5.91 Å². The summed E-state index contributed by atoms with van der Waals surface area (Å²) >= 11 is 0. The van der Waals surface area contributed by atoms with Crippen LogP contribution in [0.15, 0.2) is 54.1 Å². The van der Waals surface area contributed by atoms with Gasteiger partial charge in [-0.3, -0.25) is 4.79 Å². The lowest BCUT2D eigenvalue weighted by molar-refractivity contribution is -0.112. The Hall–Kier alpha value is -3.26. The highest BCUT2D eigenvalue weighted by Crippen LogP contribution is 2.19. The van der Waals surface area contributed by atoms with Gasteiger partial charge in [-0.2, -0.15) is 5.26 Å². The Labute approximate surface area is 153 Å². The molecule has 1 N–H and O–H groups in total. The van der Waals surface area contributed by atoms with Gasteiger partial charge in [-0.1, -0.05) is 18.2 Å². The second kappa shape index (κ2) is 9.28. The number of rotatable bonds is 7. The maximum absolute atomic E-state index is 12.4. The molecule has 1 amide bonds. The van der Waals surface area contributed by atoms with Gasteiger partial charge >= 0.3 is 0 Å². The van der Waals surface area contributed by atoms with Gasteiger partial charge in [0.1, 0.15) is 23.1 Å². The summed E-state index contributed by atoms with van der Waals surface area (Å²) in [6.07, 6.45) is 1.63. The summed E-state index contributed by atoms with van der Waals surface area (Å²) in [5, 5.41) is 12.0. The summed E-state index contributed by atoms with van der Waals surface area (Å²) in [6.45, 7) is 6.33. The zero-order valence-electron chi connectivity index (χ0n) is 15.2. The first-order valence-corrected chi connectivity index (χ1v) is 8.44. The van der Waals surface area contributed by atoms with Gasteiger partial charge in [-0.25, -0.2) is 0 Å². The Bertz CT molecular complexity index is 818. The number of benzene rings is 2. The summed E-state index contributed by atoms with van der Waals surface area (Å²) in [7, 11) is 0. The molecular weight excluding hydrogens is 328 g/mol. The Morgan fingerprint density at radius 1 is 1.19 bits per heavy atom. The minimum Gasteiger partial charge on any atom is -0.494 e. The van der Waals surface area contributed by atoms with Crippen molar-refractivity contribution in [3.8, 4) is 17.6 Å². The number of nitrogens with one attached hydrogen (secondary N) is 1. The van der Waals surface area contributed by atoms with Crippen molar-refractivity contribution in [2.24, 2.45) is 0 Å². The number of ether oxygens (including phenoxy) is 2. The lowest BCUT2D eigenvalue weighted by Gasteiger charge is -2.09. The van der Waals surface area contributed by atoms with Crippen LogP contribution in [0.1, 0.15) is 26.3 Å². The van der Waals surface area contributed by atoms with Gasteiger partial charge in [0.05, 0.1) is 12.7 Å². The molecule has 0 fully saturated rings. The maximum Gasteiger partial charge on any atom is 0.266 e. The van der Waals surface area contributed by atoms with E-state index in [4.69, 9.17) is 9.47 Å². The fourth-order valence-corrected chi connectivity index (χ4v) is 2.26. The van der Waals surface area contributed by atoms with Crippen molar-refractivity contribution < 1.29 is 14.3 Å². The van der Waals surface area contributed by atoms with Gasteiger partial charge in [0, 0.05) is 11.8 Å². The number of hydrogen-bond donors (Lipinski definition) is 1. The first kappa shape index (κ1) is 19.1. The number of nitrogens with zero attached hydrogens (tertiary/aromatic N) is 1. The molecule has 2 rings (SSSR count). The van der Waals surface area contributed by atoms with E-state index in [0.717, 1.165) is 11.3 Å². The third-order valence-corrected chi connectivity index (χ3v) is 3.33. The zero-order chi connectivity index (χ0) is 18.9. The van der Waals surface area contributed by atoms with E-state index in [9.17, 15) is 10.1 Å². The number of nitriles is 1. The van der Waals surface area contributed by atoms with E-state index in [1.54, 1.807) is 42.5 Å². The summed E-state index contributed by atoms with van der Waals surface area (Å²) < 4.78 is 11.0. The molecule has 134 valence electrons. The molecule has 0 bridgehead atoms. The summed E-state index contributed by atoms with van der Waals surface area (Å²) in [5.74, 6) is 0.935. The first-order valence-electron chi connectivity index (χ1n) is 8.44. The molecule has 0 saturated heterocycles. The van der Waals surface area contributed by atoms with E-state index >= 15 is 0 Å². The fourth-order valence-electron chi connectivity index (χ4n) is 2.26. The lowest BCUT2D eigenvalue weighted by atomic mass is 10.1. The van der Waals surface area contributed by atoms with Crippen molar-refractivity contribution in [3.05, 3.63) is 59.7 Å². The van der Waals surface area contributed by atoms with Crippen LogP contribution in [0.5, 0.6) is 11.5 Å². The molecule has 0 atom stereocenters. The lowest BCUT2D eigenvalue weighted by Crippen LogP contribution is -2.13. The Morgan fingerprint density at radius 3 is 2.54 bits per heavy atom. The smallest absolute Gasteiger partial charge is 0.266 e. The van der Waals surface area contributed by atoms with Crippen LogP contribution in [0.3, 0.4) is 0 Å². The molecule has 0 aliphatic heterocycles. The van der Waals surface area contributed by atoms with Crippen LogP contribution in [-0.2, 0) is 4.79 Å². The molecule has 2 aromatic rings. The second-order valence-electron chi connectivity index (χ2n) is 5.82. The van der Waals surface area contributed by atoms with E-state index in [1.165, 1.54) is 0 Å². The average Bonchev–Trinajstić information content (AvgIpc) is 2.61. The average molecular weight is 350 g/mol. The third-order valence-electron chi connectivity index (χ3n) is 3.33. The van der Waals surface area contributed by atoms with Crippen LogP contribution in [0.4, 0.5) is 5.69 Å². The molecule has 0 spiro atoms. The van der Waals surface area contributed by atoms with E-state index in [1.807, 2.05) is 39.0 Å². The Balaban J connectivity index is 2.11. The van der Waals surface area contributed by atoms with Crippen LogP contribution >= 0.6 is 0 Å². The highest BCUT2D eigenvalue weighted by Gasteiger charge is 2.10. The number of hydrogen-bond acceptors (Lipinski definition) is 4. The highest BCUT2D eigenvalue weighted by molar-refractivity contribution is 6.09. The number of amides is 1. The summed E-state index contributed by atoms with van der Waals surface area (Å²) in [4.78, 5) is 12.4. The van der Waals surface area contributed by atoms with Crippen molar-refractivity contribution in [2.45, 2.75) is 26.9 Å². The van der Waals surface area contributed by atoms with Gasteiger partial charge in [-0.05, 0) is 56.7 Å². The van der Waals surface area contributed by atoms with Gasteiger partial charge in [0.2, 0.25) is 0 Å². The van der Waals surface area contributed by atoms with E-state index in [0.29, 0.717) is 18.0 Å². The van der Waals surface area contributed by atoms with Gasteiger partial charge in [0.25, 0.3) is 5.91 Å². The van der Waals surface area contributed by atoms with Gasteiger partial charge in [0.15, 0.2) is 0 Å². The van der Waals surface area contributed by atoms with Gasteiger partial charge < -0.3 is 14.8 Å². The third kappa shape index (κ3) is 5.67. The number of anilines is 1. The topological polar surface area (TPSA) is 71.3 Å². The second-order valence-corrected chi connectivity index (χ2v) is 5.82. The number of carbonyl (C=O) groups is 1. The zero-order valence-corrected chi connectivity index (χ0v) is 15.2. The van der Waals surface area contributed by atoms with Crippen LogP contribution in [0.2, 0.25) is 0 Å². The van der Waals surface area contributed by atoms with Gasteiger partial charge in [-0.15, -0.1) is 0 Å². The van der Waals surface area contributed by atoms with Crippen molar-refractivity contribution in [3.63, 3.8) is 0 Å². The standard InChI is InChI=1S/C21H22N2O3/c1-4-25-20-7-5-6-18(13-20)23-21(24)17(14-22)12-16-8-10-19(11-9-16)26-15(2)3/h5-13,15H,4H2,1-3H3,(H,23,24)/b17-12-. The van der Waals surface area contributed by atoms with E-state index in [2.05, 4.69) is 5.32 Å². The summed E-state index contributed by atoms with van der Waals surface area (Å²) in [6, 6.07) is 16.2. The molecular formula is C21H22N2O3. The summed E-state index contributed by atoms with van der Waals surface area (Å²) in [5.41, 5.74) is 1.34. The van der Waals surface area contributed by atoms with Crippen molar-refractivity contribution in [1.82, 2.24) is 0 Å². The highest BCUT2D eigenvalue weighted by atomic mass is 16.5. The first-order chi connectivity index (χ1) is 12.5. The van der Waals surface area contributed by atoms with Crippen molar-refractivity contribution in [1.29, 1.82) is 5.26 Å². The molecule has 26 heavy (non-hydrogen) atoms.